The van der Waals surface area contributed by atoms with Gasteiger partial charge in [-0.05, 0) is 46.1 Å². The second kappa shape index (κ2) is 8.95. The van der Waals surface area contributed by atoms with E-state index in [1.807, 2.05) is 39.8 Å². The van der Waals surface area contributed by atoms with Crippen molar-refractivity contribution in [3.8, 4) is 0 Å². The number of allylic oxidation sites excluding steroid dienone is 1. The van der Waals surface area contributed by atoms with Gasteiger partial charge in [0.25, 0.3) is 0 Å². The van der Waals surface area contributed by atoms with Crippen molar-refractivity contribution in [3.05, 3.63) is 23.5 Å². The van der Waals surface area contributed by atoms with Crippen molar-refractivity contribution in [1.29, 1.82) is 0 Å². The van der Waals surface area contributed by atoms with Crippen LogP contribution in [-0.2, 0) is 38.1 Å². The van der Waals surface area contributed by atoms with Crippen molar-refractivity contribution in [3.63, 3.8) is 0 Å². The molecule has 1 aliphatic carbocycles. The Morgan fingerprint density at radius 2 is 1.89 bits per heavy atom. The quantitative estimate of drug-likeness (QED) is 0.313. The minimum Gasteiger partial charge on any atom is -0.487 e. The van der Waals surface area contributed by atoms with E-state index in [1.54, 1.807) is 6.92 Å². The first-order chi connectivity index (χ1) is 16.4. The van der Waals surface area contributed by atoms with E-state index in [0.29, 0.717) is 43.4 Å². The van der Waals surface area contributed by atoms with Gasteiger partial charge in [-0.2, -0.15) is 0 Å². The first kappa shape index (κ1) is 25.7. The van der Waals surface area contributed by atoms with Crippen LogP contribution >= 0.6 is 0 Å². The Bertz CT molecular complexity index is 968. The van der Waals surface area contributed by atoms with Crippen LogP contribution in [0.4, 0.5) is 0 Å². The Hall–Kier alpha value is -2.35. The van der Waals surface area contributed by atoms with Crippen molar-refractivity contribution >= 4 is 17.9 Å². The SMILES string of the molecule is CCCC(=O)O[C@@H]1CC[C@]2(C)C=CC([C@@H](C)C(=O)OC)=C(O2)[C@H]2[C@]3(C)O[C@@H]3C[C@H](OC(C)=O)[C@]12C. The lowest BCUT2D eigenvalue weighted by molar-refractivity contribution is -0.196. The fourth-order valence-electron chi connectivity index (χ4n) is 6.42. The highest BCUT2D eigenvalue weighted by molar-refractivity contribution is 5.76. The number of carbonyl (C=O) groups excluding carboxylic acids is 3. The number of carbonyl (C=O) groups is 3. The summed E-state index contributed by atoms with van der Waals surface area (Å²) in [6.45, 7) is 11.2. The molecule has 35 heavy (non-hydrogen) atoms. The van der Waals surface area contributed by atoms with Gasteiger partial charge in [0.1, 0.15) is 29.2 Å². The van der Waals surface area contributed by atoms with Crippen molar-refractivity contribution in [1.82, 2.24) is 0 Å². The summed E-state index contributed by atoms with van der Waals surface area (Å²) < 4.78 is 30.1. The number of rotatable bonds is 6. The van der Waals surface area contributed by atoms with E-state index in [1.165, 1.54) is 14.0 Å². The van der Waals surface area contributed by atoms with Crippen molar-refractivity contribution < 1.29 is 38.1 Å². The third-order valence-corrected chi connectivity index (χ3v) is 8.45. The third kappa shape index (κ3) is 4.28. The molecule has 3 aliphatic heterocycles. The maximum Gasteiger partial charge on any atom is 0.312 e. The van der Waals surface area contributed by atoms with E-state index in [2.05, 4.69) is 0 Å². The maximum atomic E-state index is 12.8. The van der Waals surface area contributed by atoms with Crippen molar-refractivity contribution in [2.75, 3.05) is 7.11 Å². The lowest BCUT2D eigenvalue weighted by atomic mass is 9.55. The normalized spacial score (nSPS) is 40.2. The molecular weight excluding hydrogens is 452 g/mol. The van der Waals surface area contributed by atoms with Crippen LogP contribution in [0.3, 0.4) is 0 Å². The summed E-state index contributed by atoms with van der Waals surface area (Å²) in [5.74, 6) is -1.39. The van der Waals surface area contributed by atoms with E-state index in [-0.39, 0.29) is 18.0 Å². The fraction of sp³-hybridized carbons (Fsp3) is 0.741. The van der Waals surface area contributed by atoms with Gasteiger partial charge in [0.15, 0.2) is 0 Å². The standard InChI is InChI=1S/C27H38O8/c1-8-9-21(29)33-18-11-13-25(4)12-10-17(15(2)24(30)31-7)22(35-25)23-26(18,5)19(32-16(3)28)14-20-27(23,6)34-20/h10,12,15,18-20,23H,8-9,11,13-14H2,1-7H3/t15-,18-,19+,20-,23-,25+,26+,27-/m1/s1. The number of epoxide rings is 1. The molecule has 2 bridgehead atoms. The van der Waals surface area contributed by atoms with Gasteiger partial charge >= 0.3 is 17.9 Å². The highest BCUT2D eigenvalue weighted by atomic mass is 16.6. The Morgan fingerprint density at radius 3 is 2.51 bits per heavy atom. The molecule has 8 nitrogen and oxygen atoms in total. The second-order valence-corrected chi connectivity index (χ2v) is 11.0. The van der Waals surface area contributed by atoms with Gasteiger partial charge in [-0.25, -0.2) is 0 Å². The summed E-state index contributed by atoms with van der Waals surface area (Å²) in [6, 6.07) is 0. The average molecular weight is 491 g/mol. The maximum absolute atomic E-state index is 12.8. The van der Waals surface area contributed by atoms with E-state index in [4.69, 9.17) is 23.7 Å². The molecular formula is C27H38O8. The van der Waals surface area contributed by atoms with Gasteiger partial charge in [-0.15, -0.1) is 0 Å². The number of hydrogen-bond donors (Lipinski definition) is 0. The van der Waals surface area contributed by atoms with Crippen LogP contribution in [-0.4, -0.2) is 54.5 Å². The van der Waals surface area contributed by atoms with Crippen LogP contribution in [0.1, 0.15) is 73.6 Å². The lowest BCUT2D eigenvalue weighted by Crippen LogP contribution is -2.61. The molecule has 4 rings (SSSR count). The summed E-state index contributed by atoms with van der Waals surface area (Å²) >= 11 is 0. The summed E-state index contributed by atoms with van der Waals surface area (Å²) in [5.41, 5.74) is -1.37. The van der Waals surface area contributed by atoms with Gasteiger partial charge in [0.2, 0.25) is 0 Å². The van der Waals surface area contributed by atoms with Gasteiger partial charge in [-0.3, -0.25) is 14.4 Å². The van der Waals surface area contributed by atoms with E-state index < -0.39 is 46.6 Å². The molecule has 194 valence electrons. The van der Waals surface area contributed by atoms with Gasteiger partial charge < -0.3 is 23.7 Å². The largest absolute Gasteiger partial charge is 0.487 e. The van der Waals surface area contributed by atoms with E-state index >= 15 is 0 Å². The molecule has 0 spiro atoms. The summed E-state index contributed by atoms with van der Waals surface area (Å²) in [5, 5.41) is 0. The van der Waals surface area contributed by atoms with Crippen LogP contribution in [0.5, 0.6) is 0 Å². The monoisotopic (exact) mass is 490 g/mol. The van der Waals surface area contributed by atoms with Crippen LogP contribution in [0.15, 0.2) is 23.5 Å². The van der Waals surface area contributed by atoms with Gasteiger partial charge in [0, 0.05) is 25.3 Å². The molecule has 0 aromatic rings. The molecule has 3 fully saturated rings. The third-order valence-electron chi connectivity index (χ3n) is 8.45. The summed E-state index contributed by atoms with van der Waals surface area (Å²) in [4.78, 5) is 37.6. The smallest absolute Gasteiger partial charge is 0.312 e. The minimum absolute atomic E-state index is 0.140. The number of ether oxygens (including phenoxy) is 5. The number of fused-ring (bicyclic) bond motifs is 6. The molecule has 8 atom stereocenters. The Labute approximate surface area is 207 Å². The fourth-order valence-corrected chi connectivity index (χ4v) is 6.42. The first-order valence-electron chi connectivity index (χ1n) is 12.6. The predicted octanol–water partition coefficient (Wildman–Crippen LogP) is 4.02. The molecule has 2 saturated heterocycles. The van der Waals surface area contributed by atoms with Crippen LogP contribution in [0.25, 0.3) is 0 Å². The molecule has 3 heterocycles. The number of hydrogen-bond acceptors (Lipinski definition) is 8. The number of methoxy groups -OCH3 is 1. The summed E-state index contributed by atoms with van der Waals surface area (Å²) in [7, 11) is 1.37. The molecule has 0 unspecified atom stereocenters. The van der Waals surface area contributed by atoms with Crippen LogP contribution in [0, 0.1) is 17.3 Å². The molecule has 0 amide bonds. The molecule has 0 aromatic carbocycles. The molecule has 1 saturated carbocycles. The van der Waals surface area contributed by atoms with Crippen molar-refractivity contribution in [2.45, 2.75) is 103 Å². The molecule has 8 heteroatoms. The van der Waals surface area contributed by atoms with Crippen LogP contribution < -0.4 is 0 Å². The highest BCUT2D eigenvalue weighted by Gasteiger charge is 2.74. The molecule has 0 radical (unpaired) electrons. The van der Waals surface area contributed by atoms with Crippen LogP contribution in [0.2, 0.25) is 0 Å². The zero-order chi connectivity index (χ0) is 25.8. The first-order valence-corrected chi connectivity index (χ1v) is 12.6. The zero-order valence-electron chi connectivity index (χ0n) is 21.8. The Balaban J connectivity index is 1.91. The van der Waals surface area contributed by atoms with Gasteiger partial charge in [0.05, 0.1) is 30.5 Å². The lowest BCUT2D eigenvalue weighted by Gasteiger charge is -2.54. The molecule has 0 N–H and O–H groups in total. The minimum atomic E-state index is -0.834. The molecule has 4 aliphatic rings. The summed E-state index contributed by atoms with van der Waals surface area (Å²) in [6.07, 6.45) is 5.34. The van der Waals surface area contributed by atoms with E-state index in [9.17, 15) is 14.4 Å². The molecule has 0 aromatic heterocycles. The second-order valence-electron chi connectivity index (χ2n) is 11.0. The van der Waals surface area contributed by atoms with Gasteiger partial charge in [-0.1, -0.05) is 19.9 Å². The number of esters is 3. The van der Waals surface area contributed by atoms with E-state index in [0.717, 1.165) is 0 Å². The average Bonchev–Trinajstić information content (AvgIpc) is 3.44. The highest BCUT2D eigenvalue weighted by Crippen LogP contribution is 2.65. The Morgan fingerprint density at radius 1 is 1.17 bits per heavy atom. The topological polar surface area (TPSA) is 101 Å². The van der Waals surface area contributed by atoms with Crippen molar-refractivity contribution in [2.24, 2.45) is 17.3 Å². The zero-order valence-corrected chi connectivity index (χ0v) is 21.8. The Kier molecular flexibility index (Phi) is 6.58. The predicted molar refractivity (Wildman–Crippen MR) is 126 cm³/mol.